The third kappa shape index (κ3) is 2.82. The summed E-state index contributed by atoms with van der Waals surface area (Å²) in [7, 11) is 0. The fourth-order valence-electron chi connectivity index (χ4n) is 9.13. The average molecular weight is 537 g/mol. The van der Waals surface area contributed by atoms with Crippen molar-refractivity contribution in [1.29, 1.82) is 0 Å². The molecule has 12 unspecified atom stereocenters. The Labute approximate surface area is 221 Å². The monoisotopic (exact) mass is 536 g/mol. The first kappa shape index (κ1) is 27.9. The van der Waals surface area contributed by atoms with E-state index in [0.717, 1.165) is 6.08 Å². The zero-order valence-electron chi connectivity index (χ0n) is 22.5. The van der Waals surface area contributed by atoms with Gasteiger partial charge in [0.05, 0.1) is 23.2 Å². The van der Waals surface area contributed by atoms with Crippen LogP contribution < -0.4 is 0 Å². The fourth-order valence-corrected chi connectivity index (χ4v) is 9.13. The van der Waals surface area contributed by atoms with Crippen molar-refractivity contribution in [1.82, 2.24) is 0 Å². The number of esters is 1. The molecular weight excluding hydrogens is 496 g/mol. The molecule has 0 spiro atoms. The summed E-state index contributed by atoms with van der Waals surface area (Å²) in [6.45, 7) is 7.69. The number of carbonyl (C=O) groups excluding carboxylic acids is 2. The molecule has 0 radical (unpaired) electrons. The van der Waals surface area contributed by atoms with E-state index in [-0.39, 0.29) is 32.1 Å². The molecule has 0 aromatic rings. The van der Waals surface area contributed by atoms with E-state index in [1.54, 1.807) is 20.8 Å². The molecule has 1 aliphatic heterocycles. The summed E-state index contributed by atoms with van der Waals surface area (Å²) >= 11 is 0. The van der Waals surface area contributed by atoms with Crippen molar-refractivity contribution in [2.75, 3.05) is 0 Å². The minimum absolute atomic E-state index is 0.0394. The first-order chi connectivity index (χ1) is 17.4. The number of rotatable bonds is 2. The van der Waals surface area contributed by atoms with Gasteiger partial charge in [-0.3, -0.25) is 4.79 Å². The van der Waals surface area contributed by atoms with Gasteiger partial charge in [0.2, 0.25) is 0 Å². The van der Waals surface area contributed by atoms with Crippen molar-refractivity contribution in [3.05, 3.63) is 23.3 Å². The number of cyclic esters (lactones) is 1. The smallest absolute Gasteiger partial charge is 0.334 e. The number of allylic oxidation sites excluding steroid dienone is 1. The lowest BCUT2D eigenvalue weighted by atomic mass is 9.40. The molecule has 0 aromatic carbocycles. The van der Waals surface area contributed by atoms with Crippen molar-refractivity contribution in [3.63, 3.8) is 0 Å². The van der Waals surface area contributed by atoms with Gasteiger partial charge in [0, 0.05) is 23.8 Å². The third-order valence-corrected chi connectivity index (χ3v) is 11.9. The Morgan fingerprint density at radius 3 is 2.26 bits per heavy atom. The molecule has 212 valence electrons. The second kappa shape index (κ2) is 7.96. The Hall–Kier alpha value is -1.66. The van der Waals surface area contributed by atoms with Gasteiger partial charge in [0.1, 0.15) is 29.0 Å². The maximum atomic E-state index is 13.3. The van der Waals surface area contributed by atoms with Gasteiger partial charge in [-0.25, -0.2) is 4.79 Å². The Morgan fingerprint density at radius 1 is 1.03 bits per heavy atom. The first-order valence-electron chi connectivity index (χ1n) is 13.4. The van der Waals surface area contributed by atoms with Crippen LogP contribution in [-0.4, -0.2) is 94.3 Å². The van der Waals surface area contributed by atoms with E-state index in [1.807, 2.05) is 0 Å². The van der Waals surface area contributed by atoms with Crippen LogP contribution in [0.2, 0.25) is 0 Å². The standard InChI is InChI=1S/C28H40O10/c1-13-10-21(38-22(33)14(13)2)25(5,34)28(37)20(32)12-26(35)16-11-19(31)27(36)18(30)7-6-17(29)24(27,4)15(16)8-9-23(26,28)3/h6-7,15-16,18-21,30-32,34-37H,8-12H2,1-5H3. The normalized spacial score (nSPS) is 54.1. The van der Waals surface area contributed by atoms with Crippen molar-refractivity contribution in [2.45, 2.75) is 114 Å². The molecule has 10 nitrogen and oxygen atoms in total. The number of hydrogen-bond acceptors (Lipinski definition) is 10. The minimum Gasteiger partial charge on any atom is -0.455 e. The molecule has 0 saturated heterocycles. The van der Waals surface area contributed by atoms with E-state index in [2.05, 4.69) is 0 Å². The Bertz CT molecular complexity index is 1140. The lowest BCUT2D eigenvalue weighted by Crippen LogP contribution is -2.78. The highest BCUT2D eigenvalue weighted by molar-refractivity contribution is 5.97. The Balaban J connectivity index is 1.60. The zero-order chi connectivity index (χ0) is 28.4. The van der Waals surface area contributed by atoms with Gasteiger partial charge in [-0.05, 0) is 70.9 Å². The molecule has 3 fully saturated rings. The second-order valence-corrected chi connectivity index (χ2v) is 13.1. The minimum atomic E-state index is -2.34. The Morgan fingerprint density at radius 2 is 1.66 bits per heavy atom. The van der Waals surface area contributed by atoms with Gasteiger partial charge < -0.3 is 40.5 Å². The lowest BCUT2D eigenvalue weighted by molar-refractivity contribution is -0.314. The highest BCUT2D eigenvalue weighted by Gasteiger charge is 2.82. The largest absolute Gasteiger partial charge is 0.455 e. The quantitative estimate of drug-likeness (QED) is 0.230. The predicted octanol–water partition coefficient (Wildman–Crippen LogP) is -0.350. The van der Waals surface area contributed by atoms with Gasteiger partial charge in [0.25, 0.3) is 0 Å². The predicted molar refractivity (Wildman–Crippen MR) is 132 cm³/mol. The number of ether oxygens (including phenoxy) is 1. The summed E-state index contributed by atoms with van der Waals surface area (Å²) in [6.07, 6.45) is -3.81. The third-order valence-electron chi connectivity index (χ3n) is 11.9. The molecule has 12 atom stereocenters. The summed E-state index contributed by atoms with van der Waals surface area (Å²) in [6, 6.07) is 0. The summed E-state index contributed by atoms with van der Waals surface area (Å²) in [5, 5.41) is 81.4. The zero-order valence-corrected chi connectivity index (χ0v) is 22.5. The first-order valence-corrected chi connectivity index (χ1v) is 13.4. The van der Waals surface area contributed by atoms with Crippen LogP contribution in [0.25, 0.3) is 0 Å². The summed E-state index contributed by atoms with van der Waals surface area (Å²) in [4.78, 5) is 25.8. The molecule has 5 rings (SSSR count). The van der Waals surface area contributed by atoms with Crippen LogP contribution in [0.4, 0.5) is 0 Å². The lowest BCUT2D eigenvalue weighted by Gasteiger charge is -2.67. The van der Waals surface area contributed by atoms with E-state index in [9.17, 15) is 45.3 Å². The van der Waals surface area contributed by atoms with E-state index in [4.69, 9.17) is 4.74 Å². The maximum absolute atomic E-state index is 13.3. The Kier molecular flexibility index (Phi) is 5.84. The van der Waals surface area contributed by atoms with Crippen LogP contribution in [-0.2, 0) is 14.3 Å². The molecule has 38 heavy (non-hydrogen) atoms. The molecular formula is C28H40O10. The van der Waals surface area contributed by atoms with Crippen molar-refractivity contribution in [2.24, 2.45) is 22.7 Å². The molecule has 0 aromatic heterocycles. The van der Waals surface area contributed by atoms with Crippen LogP contribution in [0.3, 0.4) is 0 Å². The van der Waals surface area contributed by atoms with Crippen LogP contribution in [0.15, 0.2) is 23.3 Å². The van der Waals surface area contributed by atoms with Crippen LogP contribution in [0.1, 0.15) is 66.7 Å². The number of aliphatic hydroxyl groups is 7. The van der Waals surface area contributed by atoms with E-state index in [0.29, 0.717) is 11.1 Å². The molecule has 1 heterocycles. The SMILES string of the molecule is CC1=C(C)C(=O)OC(C(C)(O)C2(O)C(O)CC3(O)C4CC(O)C5(O)C(O)C=CC(=O)C5(C)C4CCC32C)C1. The summed E-state index contributed by atoms with van der Waals surface area (Å²) in [5.74, 6) is -2.70. The van der Waals surface area contributed by atoms with Crippen LogP contribution >= 0.6 is 0 Å². The average Bonchev–Trinajstić information content (AvgIpc) is 3.01. The van der Waals surface area contributed by atoms with Crippen molar-refractivity contribution < 1.29 is 50.1 Å². The maximum Gasteiger partial charge on any atom is 0.334 e. The highest BCUT2D eigenvalue weighted by Crippen LogP contribution is 2.71. The van der Waals surface area contributed by atoms with Gasteiger partial charge in [-0.15, -0.1) is 0 Å². The number of fused-ring (bicyclic) bond motifs is 5. The van der Waals surface area contributed by atoms with Gasteiger partial charge in [-0.1, -0.05) is 12.5 Å². The summed E-state index contributed by atoms with van der Waals surface area (Å²) < 4.78 is 5.51. The topological polar surface area (TPSA) is 185 Å². The number of ketones is 1. The van der Waals surface area contributed by atoms with E-state index < -0.39 is 81.2 Å². The van der Waals surface area contributed by atoms with Crippen molar-refractivity contribution >= 4 is 11.8 Å². The van der Waals surface area contributed by atoms with Gasteiger partial charge in [-0.2, -0.15) is 0 Å². The fraction of sp³-hybridized carbons (Fsp3) is 0.786. The van der Waals surface area contributed by atoms with Gasteiger partial charge >= 0.3 is 5.97 Å². The van der Waals surface area contributed by atoms with Crippen LogP contribution in [0, 0.1) is 22.7 Å². The van der Waals surface area contributed by atoms with E-state index in [1.165, 1.54) is 19.9 Å². The number of carbonyl (C=O) groups is 2. The molecule has 7 N–H and O–H groups in total. The highest BCUT2D eigenvalue weighted by atomic mass is 16.6. The summed E-state index contributed by atoms with van der Waals surface area (Å²) in [5.41, 5.74) is -10.7. The molecule has 3 saturated carbocycles. The van der Waals surface area contributed by atoms with E-state index >= 15 is 0 Å². The molecule has 4 aliphatic carbocycles. The van der Waals surface area contributed by atoms with Crippen LogP contribution in [0.5, 0.6) is 0 Å². The molecule has 0 amide bonds. The molecule has 0 bridgehead atoms. The molecule has 10 heteroatoms. The van der Waals surface area contributed by atoms with Gasteiger partial charge in [0.15, 0.2) is 5.78 Å². The molecule has 5 aliphatic rings. The second-order valence-electron chi connectivity index (χ2n) is 13.1. The number of hydrogen-bond donors (Lipinski definition) is 7. The van der Waals surface area contributed by atoms with Crippen molar-refractivity contribution in [3.8, 4) is 0 Å². The number of aliphatic hydroxyl groups excluding tert-OH is 3.